The molecule has 154 valence electrons. The first-order valence-electron chi connectivity index (χ1n) is 9.68. The van der Waals surface area contributed by atoms with Crippen molar-refractivity contribution >= 4 is 28.3 Å². The number of amides is 1. The van der Waals surface area contributed by atoms with Gasteiger partial charge >= 0.3 is 5.97 Å². The molecule has 0 unspecified atom stereocenters. The maximum Gasteiger partial charge on any atom is 0.359 e. The second-order valence-corrected chi connectivity index (χ2v) is 6.89. The second kappa shape index (κ2) is 9.04. The van der Waals surface area contributed by atoms with E-state index in [1.54, 1.807) is 30.3 Å². The molecule has 0 saturated heterocycles. The van der Waals surface area contributed by atoms with Gasteiger partial charge in [-0.3, -0.25) is 9.59 Å². The summed E-state index contributed by atoms with van der Waals surface area (Å²) in [4.78, 5) is 36.7. The topological polar surface area (TPSA) is 101 Å². The third kappa shape index (κ3) is 4.67. The lowest BCUT2D eigenvalue weighted by Crippen LogP contribution is -2.23. The average Bonchev–Trinajstić information content (AvgIpc) is 2.80. The Bertz CT molecular complexity index is 1300. The van der Waals surface area contributed by atoms with Gasteiger partial charge in [-0.2, -0.15) is 5.10 Å². The largest absolute Gasteiger partial charge is 0.451 e. The number of aromatic amines is 1. The van der Waals surface area contributed by atoms with Crippen molar-refractivity contribution in [2.75, 3.05) is 11.9 Å². The molecule has 0 aliphatic rings. The van der Waals surface area contributed by atoms with Crippen LogP contribution in [-0.4, -0.2) is 28.7 Å². The van der Waals surface area contributed by atoms with Crippen molar-refractivity contribution in [1.82, 2.24) is 10.2 Å². The van der Waals surface area contributed by atoms with E-state index in [1.165, 1.54) is 0 Å². The van der Waals surface area contributed by atoms with Crippen LogP contribution in [-0.2, 0) is 16.0 Å². The van der Waals surface area contributed by atoms with Crippen molar-refractivity contribution in [3.05, 3.63) is 106 Å². The summed E-state index contributed by atoms with van der Waals surface area (Å²) < 4.78 is 5.13. The van der Waals surface area contributed by atoms with Gasteiger partial charge in [-0.05, 0) is 29.7 Å². The summed E-state index contributed by atoms with van der Waals surface area (Å²) in [6, 6.07) is 23.9. The summed E-state index contributed by atoms with van der Waals surface area (Å²) in [6.07, 6.45) is 0.657. The van der Waals surface area contributed by atoms with E-state index in [2.05, 4.69) is 15.5 Å². The molecular weight excluding hydrogens is 394 g/mol. The molecule has 0 fully saturated rings. The van der Waals surface area contributed by atoms with Crippen LogP contribution >= 0.6 is 0 Å². The third-order valence-electron chi connectivity index (χ3n) is 4.75. The number of carbonyl (C=O) groups excluding carboxylic acids is 2. The molecule has 0 bridgehead atoms. The van der Waals surface area contributed by atoms with Gasteiger partial charge in [0.25, 0.3) is 11.5 Å². The van der Waals surface area contributed by atoms with Gasteiger partial charge in [0.1, 0.15) is 0 Å². The zero-order chi connectivity index (χ0) is 21.6. The van der Waals surface area contributed by atoms with Crippen molar-refractivity contribution in [2.24, 2.45) is 0 Å². The molecule has 0 atom stereocenters. The highest BCUT2D eigenvalue weighted by atomic mass is 16.5. The van der Waals surface area contributed by atoms with Gasteiger partial charge < -0.3 is 10.1 Å². The quantitative estimate of drug-likeness (QED) is 0.472. The highest BCUT2D eigenvalue weighted by Gasteiger charge is 2.17. The molecule has 0 aliphatic heterocycles. The average molecular weight is 413 g/mol. The highest BCUT2D eigenvalue weighted by molar-refractivity contribution is 6.03. The standard InChI is InChI=1S/C24H19N3O4/c28-21(25-20-13-7-4-10-17(20)14-16-8-2-1-3-9-16)15-31-24(30)22-18-11-5-6-12-19(18)23(29)27-26-22/h1-13H,14-15H2,(H,25,28)(H,27,29). The zero-order valence-electron chi connectivity index (χ0n) is 16.5. The van der Waals surface area contributed by atoms with Crippen molar-refractivity contribution < 1.29 is 14.3 Å². The molecule has 2 N–H and O–H groups in total. The number of aromatic nitrogens is 2. The fraction of sp³-hybridized carbons (Fsp3) is 0.0833. The van der Waals surface area contributed by atoms with Gasteiger partial charge in [-0.25, -0.2) is 9.89 Å². The molecule has 4 rings (SSSR count). The smallest absolute Gasteiger partial charge is 0.359 e. The maximum atomic E-state index is 12.4. The summed E-state index contributed by atoms with van der Waals surface area (Å²) in [6.45, 7) is -0.479. The number of ether oxygens (including phenoxy) is 1. The minimum atomic E-state index is -0.792. The number of nitrogens with zero attached hydrogens (tertiary/aromatic N) is 1. The van der Waals surface area contributed by atoms with Gasteiger partial charge in [0.2, 0.25) is 0 Å². The lowest BCUT2D eigenvalue weighted by atomic mass is 10.0. The first kappa shape index (κ1) is 20.0. The molecule has 1 aromatic heterocycles. The monoisotopic (exact) mass is 413 g/mol. The number of benzene rings is 3. The maximum absolute atomic E-state index is 12.4. The first-order valence-corrected chi connectivity index (χ1v) is 9.68. The molecule has 0 radical (unpaired) electrons. The highest BCUT2D eigenvalue weighted by Crippen LogP contribution is 2.19. The van der Waals surface area contributed by atoms with E-state index in [0.717, 1.165) is 11.1 Å². The second-order valence-electron chi connectivity index (χ2n) is 6.89. The van der Waals surface area contributed by atoms with Crippen LogP contribution in [0.1, 0.15) is 21.6 Å². The molecule has 0 aliphatic carbocycles. The van der Waals surface area contributed by atoms with Crippen LogP contribution in [0.25, 0.3) is 10.8 Å². The predicted octanol–water partition coefficient (Wildman–Crippen LogP) is 3.31. The van der Waals surface area contributed by atoms with Crippen LogP contribution in [0.4, 0.5) is 5.69 Å². The molecule has 1 heterocycles. The molecule has 7 heteroatoms. The van der Waals surface area contributed by atoms with E-state index >= 15 is 0 Å². The van der Waals surface area contributed by atoms with E-state index < -0.39 is 24.0 Å². The van der Waals surface area contributed by atoms with Crippen LogP contribution in [0.15, 0.2) is 83.7 Å². The number of rotatable bonds is 6. The summed E-state index contributed by atoms with van der Waals surface area (Å²) in [5.74, 6) is -1.26. The predicted molar refractivity (Wildman–Crippen MR) is 117 cm³/mol. The Labute approximate surface area is 177 Å². The number of para-hydroxylation sites is 1. The van der Waals surface area contributed by atoms with Crippen LogP contribution in [0.2, 0.25) is 0 Å². The van der Waals surface area contributed by atoms with Gasteiger partial charge in [-0.15, -0.1) is 0 Å². The minimum Gasteiger partial charge on any atom is -0.451 e. The van der Waals surface area contributed by atoms with Crippen molar-refractivity contribution in [3.8, 4) is 0 Å². The van der Waals surface area contributed by atoms with Crippen LogP contribution < -0.4 is 10.9 Å². The molecular formula is C24H19N3O4. The van der Waals surface area contributed by atoms with Crippen molar-refractivity contribution in [3.63, 3.8) is 0 Å². The fourth-order valence-electron chi connectivity index (χ4n) is 3.27. The van der Waals surface area contributed by atoms with E-state index in [1.807, 2.05) is 48.5 Å². The summed E-state index contributed by atoms with van der Waals surface area (Å²) >= 11 is 0. The van der Waals surface area contributed by atoms with E-state index in [9.17, 15) is 14.4 Å². The number of esters is 1. The Balaban J connectivity index is 1.43. The number of hydrogen-bond acceptors (Lipinski definition) is 5. The number of carbonyl (C=O) groups is 2. The zero-order valence-corrected chi connectivity index (χ0v) is 16.5. The Hall–Kier alpha value is -4.26. The normalized spacial score (nSPS) is 10.6. The van der Waals surface area contributed by atoms with Gasteiger partial charge in [0.05, 0.1) is 5.39 Å². The van der Waals surface area contributed by atoms with E-state index in [4.69, 9.17) is 4.74 Å². The number of fused-ring (bicyclic) bond motifs is 1. The SMILES string of the molecule is O=C(COC(=O)c1n[nH]c(=O)c2ccccc12)Nc1ccccc1Cc1ccccc1. The number of H-pyrrole nitrogens is 1. The van der Waals surface area contributed by atoms with Gasteiger partial charge in [0, 0.05) is 11.1 Å². The van der Waals surface area contributed by atoms with Crippen molar-refractivity contribution in [2.45, 2.75) is 6.42 Å². The molecule has 7 nitrogen and oxygen atoms in total. The van der Waals surface area contributed by atoms with Crippen LogP contribution in [0.3, 0.4) is 0 Å². The van der Waals surface area contributed by atoms with Gasteiger partial charge in [0.15, 0.2) is 12.3 Å². The summed E-state index contributed by atoms with van der Waals surface area (Å²) in [7, 11) is 0. The molecule has 0 saturated carbocycles. The van der Waals surface area contributed by atoms with E-state index in [-0.39, 0.29) is 5.69 Å². The van der Waals surface area contributed by atoms with E-state index in [0.29, 0.717) is 22.9 Å². The van der Waals surface area contributed by atoms with Crippen LogP contribution in [0, 0.1) is 0 Å². The van der Waals surface area contributed by atoms with Crippen LogP contribution in [0.5, 0.6) is 0 Å². The lowest BCUT2D eigenvalue weighted by Gasteiger charge is -2.12. The Morgan fingerprint density at radius 3 is 2.35 bits per heavy atom. The molecule has 4 aromatic rings. The summed E-state index contributed by atoms with van der Waals surface area (Å²) in [5, 5.41) is 9.54. The molecule has 0 spiro atoms. The molecule has 3 aromatic carbocycles. The fourth-order valence-corrected chi connectivity index (χ4v) is 3.27. The first-order chi connectivity index (χ1) is 15.1. The Morgan fingerprint density at radius 1 is 0.871 bits per heavy atom. The summed E-state index contributed by atoms with van der Waals surface area (Å²) in [5.41, 5.74) is 2.26. The Kier molecular flexibility index (Phi) is 5.84. The molecule has 1 amide bonds. The Morgan fingerprint density at radius 2 is 1.55 bits per heavy atom. The third-order valence-corrected chi connectivity index (χ3v) is 4.75. The minimum absolute atomic E-state index is 0.0486. The number of anilines is 1. The number of nitrogens with one attached hydrogen (secondary N) is 2. The van der Waals surface area contributed by atoms with Gasteiger partial charge in [-0.1, -0.05) is 66.7 Å². The number of hydrogen-bond donors (Lipinski definition) is 2. The molecule has 31 heavy (non-hydrogen) atoms. The van der Waals surface area contributed by atoms with Crippen molar-refractivity contribution in [1.29, 1.82) is 0 Å². The lowest BCUT2D eigenvalue weighted by molar-refractivity contribution is -0.119.